The average molecular weight is 423 g/mol. The molecule has 0 spiro atoms. The Morgan fingerprint density at radius 3 is 2.66 bits per heavy atom. The Bertz CT molecular complexity index is 1420. The van der Waals surface area contributed by atoms with Gasteiger partial charge in [-0.2, -0.15) is 5.10 Å². The minimum atomic E-state index is -1.16. The van der Waals surface area contributed by atoms with Crippen molar-refractivity contribution < 1.29 is 14.7 Å². The molecule has 0 radical (unpaired) electrons. The number of rotatable bonds is 4. The molecular formula is C24H17N5O3. The number of H-pyrrole nitrogens is 1. The van der Waals surface area contributed by atoms with Crippen LogP contribution in [0.2, 0.25) is 0 Å². The monoisotopic (exact) mass is 423 g/mol. The highest BCUT2D eigenvalue weighted by Crippen LogP contribution is 2.35. The fraction of sp³-hybridized carbons (Fsp3) is 0. The van der Waals surface area contributed by atoms with Crippen LogP contribution in [0.4, 0.5) is 16.2 Å². The lowest BCUT2D eigenvalue weighted by atomic mass is 10.0. The standard InChI is InChI=1S/C24H17N5O3/c30-23-19(18-13-16(26-24(31)32)3-6-20(18)27-23)11-15-1-4-17-21(28-29-22(17)12-15)5-2-14-7-9-25-10-8-14/h1-13,26H,(H,27,30)(H,28,29)(H,31,32). The second-order valence-corrected chi connectivity index (χ2v) is 7.23. The van der Waals surface area contributed by atoms with Crippen molar-refractivity contribution in [2.75, 3.05) is 10.6 Å². The van der Waals surface area contributed by atoms with Crippen molar-refractivity contribution in [1.82, 2.24) is 15.2 Å². The number of carbonyl (C=O) groups excluding carboxylic acids is 1. The van der Waals surface area contributed by atoms with Gasteiger partial charge in [0.05, 0.1) is 11.2 Å². The number of amides is 2. The van der Waals surface area contributed by atoms with E-state index in [1.165, 1.54) is 0 Å². The zero-order chi connectivity index (χ0) is 22.1. The first-order valence-electron chi connectivity index (χ1n) is 9.80. The van der Waals surface area contributed by atoms with E-state index in [4.69, 9.17) is 5.11 Å². The predicted molar refractivity (Wildman–Crippen MR) is 124 cm³/mol. The van der Waals surface area contributed by atoms with E-state index in [1.807, 2.05) is 42.5 Å². The summed E-state index contributed by atoms with van der Waals surface area (Å²) >= 11 is 0. The molecular weight excluding hydrogens is 406 g/mol. The number of benzene rings is 2. The Labute approximate surface area is 182 Å². The Morgan fingerprint density at radius 2 is 1.84 bits per heavy atom. The highest BCUT2D eigenvalue weighted by Gasteiger charge is 2.24. The maximum atomic E-state index is 12.5. The van der Waals surface area contributed by atoms with Gasteiger partial charge in [-0.3, -0.25) is 20.2 Å². The highest BCUT2D eigenvalue weighted by molar-refractivity contribution is 6.35. The van der Waals surface area contributed by atoms with E-state index < -0.39 is 6.09 Å². The van der Waals surface area contributed by atoms with Gasteiger partial charge in [0, 0.05) is 40.3 Å². The molecule has 0 unspecified atom stereocenters. The quantitative estimate of drug-likeness (QED) is 0.354. The summed E-state index contributed by atoms with van der Waals surface area (Å²) in [5.41, 5.74) is 5.65. The molecule has 0 saturated heterocycles. The largest absolute Gasteiger partial charge is 0.465 e. The molecule has 3 heterocycles. The van der Waals surface area contributed by atoms with Gasteiger partial charge in [0.25, 0.3) is 5.91 Å². The maximum absolute atomic E-state index is 12.5. The van der Waals surface area contributed by atoms with E-state index in [-0.39, 0.29) is 5.91 Å². The number of anilines is 2. The molecule has 0 aliphatic carbocycles. The summed E-state index contributed by atoms with van der Waals surface area (Å²) < 4.78 is 0. The molecule has 0 bridgehead atoms. The van der Waals surface area contributed by atoms with Crippen molar-refractivity contribution in [2.24, 2.45) is 0 Å². The zero-order valence-electron chi connectivity index (χ0n) is 16.7. The molecule has 156 valence electrons. The lowest BCUT2D eigenvalue weighted by molar-refractivity contribution is -0.110. The topological polar surface area (TPSA) is 120 Å². The summed E-state index contributed by atoms with van der Waals surface area (Å²) in [6.07, 6.45) is 7.99. The fourth-order valence-electron chi connectivity index (χ4n) is 3.62. The Balaban J connectivity index is 1.47. The SMILES string of the molecule is O=C(O)Nc1ccc2c(c1)C(=Cc1ccc3c(C=Cc4ccncc4)n[nH]c3c1)C(=O)N2. The van der Waals surface area contributed by atoms with Crippen LogP contribution in [0.15, 0.2) is 60.9 Å². The van der Waals surface area contributed by atoms with Gasteiger partial charge in [0.1, 0.15) is 0 Å². The van der Waals surface area contributed by atoms with Crippen molar-refractivity contribution in [3.63, 3.8) is 0 Å². The molecule has 1 aliphatic heterocycles. The number of aromatic amines is 1. The van der Waals surface area contributed by atoms with Crippen LogP contribution in [0.3, 0.4) is 0 Å². The molecule has 1 aliphatic rings. The number of hydrogen-bond donors (Lipinski definition) is 4. The molecule has 2 amide bonds. The number of fused-ring (bicyclic) bond motifs is 2. The number of nitrogens with one attached hydrogen (secondary N) is 3. The fourth-order valence-corrected chi connectivity index (χ4v) is 3.62. The smallest absolute Gasteiger partial charge is 0.409 e. The molecule has 0 atom stereocenters. The van der Waals surface area contributed by atoms with E-state index in [9.17, 15) is 9.59 Å². The van der Waals surface area contributed by atoms with Gasteiger partial charge in [0.15, 0.2) is 0 Å². The van der Waals surface area contributed by atoms with Gasteiger partial charge in [0.2, 0.25) is 0 Å². The summed E-state index contributed by atoms with van der Waals surface area (Å²) in [5.74, 6) is -0.238. The molecule has 4 aromatic rings. The first-order chi connectivity index (χ1) is 15.6. The van der Waals surface area contributed by atoms with E-state index in [0.29, 0.717) is 22.5 Å². The molecule has 8 nitrogen and oxygen atoms in total. The number of aromatic nitrogens is 3. The third-order valence-electron chi connectivity index (χ3n) is 5.12. The summed E-state index contributed by atoms with van der Waals surface area (Å²) in [7, 11) is 0. The van der Waals surface area contributed by atoms with E-state index >= 15 is 0 Å². The van der Waals surface area contributed by atoms with Crippen LogP contribution in [0, 0.1) is 0 Å². The van der Waals surface area contributed by atoms with Crippen molar-refractivity contribution >= 4 is 58.1 Å². The average Bonchev–Trinajstić information content (AvgIpc) is 3.33. The van der Waals surface area contributed by atoms with Crippen LogP contribution >= 0.6 is 0 Å². The molecule has 8 heteroatoms. The minimum absolute atomic E-state index is 0.238. The summed E-state index contributed by atoms with van der Waals surface area (Å²) in [5, 5.41) is 22.4. The van der Waals surface area contributed by atoms with Gasteiger partial charge in [-0.15, -0.1) is 0 Å². The normalized spacial score (nSPS) is 14.1. The summed E-state index contributed by atoms with van der Waals surface area (Å²) in [4.78, 5) is 27.5. The molecule has 2 aromatic heterocycles. The molecule has 32 heavy (non-hydrogen) atoms. The molecule has 5 rings (SSSR count). The number of nitrogens with zero attached hydrogens (tertiary/aromatic N) is 2. The highest BCUT2D eigenvalue weighted by atomic mass is 16.4. The Morgan fingerprint density at radius 1 is 1.00 bits per heavy atom. The third kappa shape index (κ3) is 3.72. The predicted octanol–water partition coefficient (Wildman–Crippen LogP) is 4.71. The number of carbonyl (C=O) groups is 2. The van der Waals surface area contributed by atoms with Crippen molar-refractivity contribution in [1.29, 1.82) is 0 Å². The van der Waals surface area contributed by atoms with Gasteiger partial charge < -0.3 is 10.4 Å². The van der Waals surface area contributed by atoms with Crippen LogP contribution in [-0.2, 0) is 4.79 Å². The first-order valence-corrected chi connectivity index (χ1v) is 9.80. The van der Waals surface area contributed by atoms with Crippen molar-refractivity contribution in [2.45, 2.75) is 0 Å². The van der Waals surface area contributed by atoms with Gasteiger partial charge in [-0.1, -0.05) is 12.1 Å². The minimum Gasteiger partial charge on any atom is -0.465 e. The van der Waals surface area contributed by atoms with E-state index in [0.717, 1.165) is 27.7 Å². The number of hydrogen-bond acceptors (Lipinski definition) is 4. The van der Waals surface area contributed by atoms with Gasteiger partial charge in [-0.25, -0.2) is 4.79 Å². The lowest BCUT2D eigenvalue weighted by Crippen LogP contribution is -2.07. The molecule has 2 aromatic carbocycles. The maximum Gasteiger partial charge on any atom is 0.409 e. The van der Waals surface area contributed by atoms with Crippen LogP contribution < -0.4 is 10.6 Å². The van der Waals surface area contributed by atoms with Crippen LogP contribution in [0.25, 0.3) is 34.7 Å². The number of pyridine rings is 1. The molecule has 0 fully saturated rings. The summed E-state index contributed by atoms with van der Waals surface area (Å²) in [6, 6.07) is 14.5. The zero-order valence-corrected chi connectivity index (χ0v) is 16.7. The third-order valence-corrected chi connectivity index (χ3v) is 5.12. The van der Waals surface area contributed by atoms with Crippen molar-refractivity contribution in [3.8, 4) is 0 Å². The second-order valence-electron chi connectivity index (χ2n) is 7.23. The molecule has 0 saturated carbocycles. The summed E-state index contributed by atoms with van der Waals surface area (Å²) in [6.45, 7) is 0. The number of carboxylic acid groups (broad SMARTS) is 1. The lowest BCUT2D eigenvalue weighted by Gasteiger charge is -2.04. The van der Waals surface area contributed by atoms with Crippen LogP contribution in [0.1, 0.15) is 22.4 Å². The Hall–Kier alpha value is -4.72. The van der Waals surface area contributed by atoms with E-state index in [1.54, 1.807) is 36.7 Å². The Kier molecular flexibility index (Phi) is 4.72. The second kappa shape index (κ2) is 7.84. The van der Waals surface area contributed by atoms with Crippen molar-refractivity contribution in [3.05, 3.63) is 83.3 Å². The molecule has 4 N–H and O–H groups in total. The van der Waals surface area contributed by atoms with Gasteiger partial charge in [-0.05, 0) is 65.7 Å². The van der Waals surface area contributed by atoms with Gasteiger partial charge >= 0.3 is 6.09 Å². The van der Waals surface area contributed by atoms with Crippen LogP contribution in [-0.4, -0.2) is 32.3 Å². The van der Waals surface area contributed by atoms with E-state index in [2.05, 4.69) is 25.8 Å². The first kappa shape index (κ1) is 19.3. The van der Waals surface area contributed by atoms with Crippen LogP contribution in [0.5, 0.6) is 0 Å².